The predicted octanol–water partition coefficient (Wildman–Crippen LogP) is 1.87. The average Bonchev–Trinajstić information content (AvgIpc) is 3.16. The van der Waals surface area contributed by atoms with Crippen molar-refractivity contribution in [1.29, 1.82) is 0 Å². The minimum atomic E-state index is 0. The summed E-state index contributed by atoms with van der Waals surface area (Å²) in [7, 11) is 1.76. The van der Waals surface area contributed by atoms with E-state index in [1.165, 1.54) is 4.88 Å². The summed E-state index contributed by atoms with van der Waals surface area (Å²) in [5, 5.41) is 12.2. The highest BCUT2D eigenvalue weighted by Crippen LogP contribution is 2.16. The van der Waals surface area contributed by atoms with Gasteiger partial charge in [0.25, 0.3) is 0 Å². The van der Waals surface area contributed by atoms with Gasteiger partial charge in [0.05, 0.1) is 10.7 Å². The van der Waals surface area contributed by atoms with Crippen molar-refractivity contribution in [3.63, 3.8) is 0 Å². The first kappa shape index (κ1) is 22.9. The first-order chi connectivity index (χ1) is 13.1. The summed E-state index contributed by atoms with van der Waals surface area (Å²) in [5.74, 6) is 1.71. The maximum Gasteiger partial charge on any atom is 0.345 e. The first-order valence-electron chi connectivity index (χ1n) is 9.62. The van der Waals surface area contributed by atoms with Crippen LogP contribution in [0.5, 0.6) is 0 Å². The number of nitrogens with zero attached hydrogens (tertiary/aromatic N) is 5. The van der Waals surface area contributed by atoms with E-state index in [9.17, 15) is 4.79 Å². The number of hydrogen-bond acceptors (Lipinski definition) is 5. The third-order valence-electron chi connectivity index (χ3n) is 4.80. The Hall–Kier alpha value is -1.43. The number of aryl methyl sites for hydroxylation is 4. The number of thiazole rings is 1. The molecule has 0 aromatic carbocycles. The minimum Gasteiger partial charge on any atom is -0.356 e. The van der Waals surface area contributed by atoms with Crippen LogP contribution >= 0.6 is 35.3 Å². The van der Waals surface area contributed by atoms with E-state index in [-0.39, 0.29) is 29.7 Å². The Morgan fingerprint density at radius 2 is 2.04 bits per heavy atom. The molecule has 0 radical (unpaired) electrons. The molecule has 3 rings (SSSR count). The molecule has 28 heavy (non-hydrogen) atoms. The number of guanidine groups is 1. The monoisotopic (exact) mass is 519 g/mol. The van der Waals surface area contributed by atoms with E-state index in [0.29, 0.717) is 6.54 Å². The average molecular weight is 519 g/mol. The van der Waals surface area contributed by atoms with E-state index in [4.69, 9.17) is 0 Å². The van der Waals surface area contributed by atoms with Gasteiger partial charge in [-0.2, -0.15) is 5.10 Å². The maximum atomic E-state index is 12.3. The molecule has 2 N–H and O–H groups in total. The smallest absolute Gasteiger partial charge is 0.345 e. The SMILES string of the molecule is CN=C(NCCCn1nc2n(c1=O)CCCC2)NCCc1nc(C)c(C)s1.I. The van der Waals surface area contributed by atoms with Gasteiger partial charge in [0.1, 0.15) is 5.82 Å². The summed E-state index contributed by atoms with van der Waals surface area (Å²) in [4.78, 5) is 22.4. The van der Waals surface area contributed by atoms with Crippen LogP contribution in [-0.4, -0.2) is 45.4 Å². The van der Waals surface area contributed by atoms with Gasteiger partial charge < -0.3 is 10.6 Å². The van der Waals surface area contributed by atoms with Gasteiger partial charge in [-0.1, -0.05) is 0 Å². The number of rotatable bonds is 7. The standard InChI is InChI=1S/C18H29N7OS.HI/c1-13-14(2)27-16(22-13)8-10-21-17(19-3)20-9-6-12-25-18(26)24-11-5-4-7-15(24)23-25;/h4-12H2,1-3H3,(H2,19,20,21);1H. The fraction of sp³-hybridized carbons (Fsp3) is 0.667. The minimum absolute atomic E-state index is 0. The summed E-state index contributed by atoms with van der Waals surface area (Å²) in [6.45, 7) is 7.11. The van der Waals surface area contributed by atoms with Gasteiger partial charge in [-0.3, -0.25) is 9.56 Å². The van der Waals surface area contributed by atoms with Gasteiger partial charge in [0.2, 0.25) is 0 Å². The van der Waals surface area contributed by atoms with Crippen LogP contribution in [-0.2, 0) is 25.9 Å². The molecule has 0 unspecified atom stereocenters. The Labute approximate surface area is 186 Å². The number of nitrogens with one attached hydrogen (secondary N) is 2. The second kappa shape index (κ2) is 10.9. The quantitative estimate of drug-likeness (QED) is 0.253. The van der Waals surface area contributed by atoms with E-state index < -0.39 is 0 Å². The van der Waals surface area contributed by atoms with Crippen LogP contribution in [0.1, 0.15) is 40.7 Å². The van der Waals surface area contributed by atoms with Crippen molar-refractivity contribution in [3.05, 3.63) is 31.9 Å². The number of aromatic nitrogens is 4. The highest BCUT2D eigenvalue weighted by Gasteiger charge is 2.16. The van der Waals surface area contributed by atoms with Gasteiger partial charge >= 0.3 is 5.69 Å². The lowest BCUT2D eigenvalue weighted by atomic mass is 10.2. The molecule has 0 saturated carbocycles. The molecular weight excluding hydrogens is 489 g/mol. The van der Waals surface area contributed by atoms with Crippen LogP contribution in [0.2, 0.25) is 0 Å². The van der Waals surface area contributed by atoms with E-state index in [2.05, 4.69) is 32.6 Å². The molecule has 10 heteroatoms. The van der Waals surface area contributed by atoms with E-state index >= 15 is 0 Å². The molecule has 1 aliphatic rings. The molecule has 0 saturated heterocycles. The second-order valence-electron chi connectivity index (χ2n) is 6.81. The molecule has 0 fully saturated rings. The van der Waals surface area contributed by atoms with Crippen LogP contribution in [0.3, 0.4) is 0 Å². The Kier molecular flexibility index (Phi) is 8.93. The summed E-state index contributed by atoms with van der Waals surface area (Å²) in [5.41, 5.74) is 1.15. The van der Waals surface area contributed by atoms with Crippen molar-refractivity contribution in [2.75, 3.05) is 20.1 Å². The lowest BCUT2D eigenvalue weighted by Gasteiger charge is -2.11. The summed E-state index contributed by atoms with van der Waals surface area (Å²) >= 11 is 1.75. The van der Waals surface area contributed by atoms with Gasteiger partial charge in [-0.05, 0) is 33.1 Å². The predicted molar refractivity (Wildman–Crippen MR) is 124 cm³/mol. The van der Waals surface area contributed by atoms with E-state index in [1.54, 1.807) is 23.1 Å². The van der Waals surface area contributed by atoms with Crippen molar-refractivity contribution in [2.24, 2.45) is 4.99 Å². The van der Waals surface area contributed by atoms with Gasteiger partial charge in [0, 0.05) is 50.9 Å². The molecule has 0 spiro atoms. The van der Waals surface area contributed by atoms with Gasteiger partial charge in [-0.25, -0.2) is 14.5 Å². The molecule has 0 amide bonds. The Morgan fingerprint density at radius 1 is 1.25 bits per heavy atom. The summed E-state index contributed by atoms with van der Waals surface area (Å²) in [6.07, 6.45) is 4.81. The zero-order valence-corrected chi connectivity index (χ0v) is 20.0. The second-order valence-corrected chi connectivity index (χ2v) is 8.10. The highest BCUT2D eigenvalue weighted by atomic mass is 127. The van der Waals surface area contributed by atoms with Crippen molar-refractivity contribution < 1.29 is 0 Å². The number of aliphatic imine (C=N–C) groups is 1. The van der Waals surface area contributed by atoms with Crippen LogP contribution in [0.4, 0.5) is 0 Å². The normalized spacial score (nSPS) is 13.8. The van der Waals surface area contributed by atoms with Crippen molar-refractivity contribution in [1.82, 2.24) is 30.0 Å². The molecule has 0 atom stereocenters. The molecule has 0 bridgehead atoms. The van der Waals surface area contributed by atoms with Crippen molar-refractivity contribution in [2.45, 2.75) is 59.0 Å². The Balaban J connectivity index is 0.00000280. The Bertz CT molecular complexity index is 835. The fourth-order valence-electron chi connectivity index (χ4n) is 3.18. The van der Waals surface area contributed by atoms with Crippen molar-refractivity contribution >= 4 is 41.3 Å². The highest BCUT2D eigenvalue weighted by molar-refractivity contribution is 14.0. The molecule has 3 heterocycles. The van der Waals surface area contributed by atoms with Crippen LogP contribution in [0, 0.1) is 13.8 Å². The van der Waals surface area contributed by atoms with Crippen LogP contribution in [0.15, 0.2) is 9.79 Å². The fourth-order valence-corrected chi connectivity index (χ4v) is 4.12. The third kappa shape index (κ3) is 5.79. The number of halogens is 1. The maximum absolute atomic E-state index is 12.3. The molecule has 156 valence electrons. The van der Waals surface area contributed by atoms with Gasteiger partial charge in [0.15, 0.2) is 5.96 Å². The molecule has 2 aromatic heterocycles. The molecular formula is C18H30IN7OS. The molecule has 8 nitrogen and oxygen atoms in total. The van der Waals surface area contributed by atoms with Crippen LogP contribution < -0.4 is 16.3 Å². The molecule has 0 aliphatic carbocycles. The zero-order valence-electron chi connectivity index (χ0n) is 16.8. The number of fused-ring (bicyclic) bond motifs is 1. The van der Waals surface area contributed by atoms with Gasteiger partial charge in [-0.15, -0.1) is 35.3 Å². The van der Waals surface area contributed by atoms with Crippen LogP contribution in [0.25, 0.3) is 0 Å². The first-order valence-corrected chi connectivity index (χ1v) is 10.4. The number of hydrogen-bond donors (Lipinski definition) is 2. The van der Waals surface area contributed by atoms with E-state index in [0.717, 1.165) is 74.2 Å². The lowest BCUT2D eigenvalue weighted by molar-refractivity contribution is 0.509. The Morgan fingerprint density at radius 3 is 2.71 bits per heavy atom. The molecule has 2 aromatic rings. The zero-order chi connectivity index (χ0) is 19.2. The van der Waals surface area contributed by atoms with Crippen molar-refractivity contribution in [3.8, 4) is 0 Å². The van der Waals surface area contributed by atoms with E-state index in [1.807, 2.05) is 11.5 Å². The molecule has 1 aliphatic heterocycles. The third-order valence-corrected chi connectivity index (χ3v) is 5.93. The summed E-state index contributed by atoms with van der Waals surface area (Å²) in [6, 6.07) is 0. The lowest BCUT2D eigenvalue weighted by Crippen LogP contribution is -2.39. The topological polar surface area (TPSA) is 89.1 Å². The summed E-state index contributed by atoms with van der Waals surface area (Å²) < 4.78 is 3.42. The largest absolute Gasteiger partial charge is 0.356 e.